The number of amides is 1. The summed E-state index contributed by atoms with van der Waals surface area (Å²) in [4.78, 5) is 16.6. The highest BCUT2D eigenvalue weighted by Gasteiger charge is 2.22. The number of carbonyl (C=O) groups is 1. The van der Waals surface area contributed by atoms with E-state index in [-0.39, 0.29) is 5.91 Å². The predicted octanol–water partition coefficient (Wildman–Crippen LogP) is 2.71. The molecule has 5 nitrogen and oxygen atoms in total. The second-order valence-corrected chi connectivity index (χ2v) is 6.93. The van der Waals surface area contributed by atoms with E-state index in [1.165, 1.54) is 4.88 Å². The van der Waals surface area contributed by atoms with Gasteiger partial charge in [0, 0.05) is 21.5 Å². The summed E-state index contributed by atoms with van der Waals surface area (Å²) in [6.45, 7) is 5.31. The highest BCUT2D eigenvalue weighted by atomic mass is 32.1. The maximum absolute atomic E-state index is 12.6. The molecule has 0 unspecified atom stereocenters. The molecule has 1 aromatic heterocycles. The van der Waals surface area contributed by atoms with Gasteiger partial charge in [-0.25, -0.2) is 0 Å². The van der Waals surface area contributed by atoms with Gasteiger partial charge < -0.3 is 20.1 Å². The molecule has 1 aliphatic rings. The van der Waals surface area contributed by atoms with Gasteiger partial charge in [0.25, 0.3) is 0 Å². The van der Waals surface area contributed by atoms with Crippen LogP contribution < -0.4 is 20.1 Å². The number of nitrogens with zero attached hydrogens (tertiary/aromatic N) is 1. The van der Waals surface area contributed by atoms with E-state index >= 15 is 0 Å². The number of nitrogens with two attached hydrogens (primary N) is 1. The van der Waals surface area contributed by atoms with E-state index in [9.17, 15) is 4.79 Å². The molecule has 1 amide bonds. The van der Waals surface area contributed by atoms with Gasteiger partial charge in [0.15, 0.2) is 11.5 Å². The van der Waals surface area contributed by atoms with E-state index in [2.05, 4.69) is 13.0 Å². The molecule has 3 rings (SSSR count). The summed E-state index contributed by atoms with van der Waals surface area (Å²) in [5.41, 5.74) is 6.59. The lowest BCUT2D eigenvalue weighted by molar-refractivity contribution is -0.119. The molecule has 122 valence electrons. The van der Waals surface area contributed by atoms with Crippen molar-refractivity contribution in [3.05, 3.63) is 40.1 Å². The number of fused-ring (bicyclic) bond motifs is 1. The molecule has 0 saturated heterocycles. The Kier molecular flexibility index (Phi) is 4.54. The fraction of sp³-hybridized carbons (Fsp3) is 0.353. The Balaban J connectivity index is 1.92. The lowest BCUT2D eigenvalue weighted by atomic mass is 10.2. The van der Waals surface area contributed by atoms with E-state index in [1.807, 2.05) is 24.3 Å². The summed E-state index contributed by atoms with van der Waals surface area (Å²) >= 11 is 1.68. The van der Waals surface area contributed by atoms with E-state index < -0.39 is 6.04 Å². The van der Waals surface area contributed by atoms with Crippen molar-refractivity contribution in [1.82, 2.24) is 0 Å². The van der Waals surface area contributed by atoms with Gasteiger partial charge in [-0.3, -0.25) is 4.79 Å². The molecule has 1 atom stereocenters. The molecule has 6 heteroatoms. The van der Waals surface area contributed by atoms with Gasteiger partial charge in [0.1, 0.15) is 13.2 Å². The molecule has 1 aromatic carbocycles. The van der Waals surface area contributed by atoms with Crippen LogP contribution in [0.5, 0.6) is 11.5 Å². The Bertz CT molecular complexity index is 712. The van der Waals surface area contributed by atoms with Crippen molar-refractivity contribution in [3.63, 3.8) is 0 Å². The SMILES string of the molecule is Cc1ccc(CN(C(=O)[C@H](C)N)c2ccc3c(c2)OCCO3)s1. The summed E-state index contributed by atoms with van der Waals surface area (Å²) in [5, 5.41) is 0. The smallest absolute Gasteiger partial charge is 0.243 e. The highest BCUT2D eigenvalue weighted by Crippen LogP contribution is 2.35. The lowest BCUT2D eigenvalue weighted by Gasteiger charge is -2.26. The van der Waals surface area contributed by atoms with Crippen LogP contribution in [0.2, 0.25) is 0 Å². The zero-order valence-corrected chi connectivity index (χ0v) is 14.1. The van der Waals surface area contributed by atoms with Crippen LogP contribution in [-0.4, -0.2) is 25.2 Å². The molecule has 0 radical (unpaired) electrons. The van der Waals surface area contributed by atoms with Crippen LogP contribution in [0.25, 0.3) is 0 Å². The fourth-order valence-corrected chi connectivity index (χ4v) is 3.35. The number of hydrogen-bond donors (Lipinski definition) is 1. The van der Waals surface area contributed by atoms with Crippen LogP contribution in [0, 0.1) is 6.92 Å². The molecular formula is C17H20N2O3S. The Morgan fingerprint density at radius 2 is 2.00 bits per heavy atom. The third-order valence-corrected chi connectivity index (χ3v) is 4.59. The summed E-state index contributed by atoms with van der Waals surface area (Å²) < 4.78 is 11.2. The standard InChI is InChI=1S/C17H20N2O3S/c1-11-3-5-14(23-11)10-19(17(20)12(2)18)13-4-6-15-16(9-13)22-8-7-21-15/h3-6,9,12H,7-8,10,18H2,1-2H3/t12-/m0/s1. The van der Waals surface area contributed by atoms with Crippen LogP contribution in [0.4, 0.5) is 5.69 Å². The van der Waals surface area contributed by atoms with Gasteiger partial charge >= 0.3 is 0 Å². The molecule has 2 heterocycles. The van der Waals surface area contributed by atoms with E-state index in [4.69, 9.17) is 15.2 Å². The minimum atomic E-state index is -0.566. The van der Waals surface area contributed by atoms with Crippen LogP contribution in [0.15, 0.2) is 30.3 Å². The number of thiophene rings is 1. The van der Waals surface area contributed by atoms with Gasteiger partial charge in [0.05, 0.1) is 12.6 Å². The number of anilines is 1. The van der Waals surface area contributed by atoms with Crippen molar-refractivity contribution in [1.29, 1.82) is 0 Å². The summed E-state index contributed by atoms with van der Waals surface area (Å²) in [5.74, 6) is 1.26. The second-order valence-electron chi connectivity index (χ2n) is 5.55. The number of carbonyl (C=O) groups excluding carboxylic acids is 1. The monoisotopic (exact) mass is 332 g/mol. The maximum atomic E-state index is 12.6. The zero-order valence-electron chi connectivity index (χ0n) is 13.2. The van der Waals surface area contributed by atoms with Crippen LogP contribution in [0.1, 0.15) is 16.7 Å². The quantitative estimate of drug-likeness (QED) is 0.935. The molecule has 0 fully saturated rings. The summed E-state index contributed by atoms with van der Waals surface area (Å²) in [7, 11) is 0. The highest BCUT2D eigenvalue weighted by molar-refractivity contribution is 7.11. The third-order valence-electron chi connectivity index (χ3n) is 3.60. The van der Waals surface area contributed by atoms with Gasteiger partial charge in [-0.15, -0.1) is 11.3 Å². The number of hydrogen-bond acceptors (Lipinski definition) is 5. The zero-order chi connectivity index (χ0) is 16.4. The lowest BCUT2D eigenvalue weighted by Crippen LogP contribution is -2.41. The molecule has 0 spiro atoms. The number of rotatable bonds is 4. The van der Waals surface area contributed by atoms with Crippen LogP contribution >= 0.6 is 11.3 Å². The summed E-state index contributed by atoms with van der Waals surface area (Å²) in [6, 6.07) is 9.08. The average Bonchev–Trinajstić information content (AvgIpc) is 2.96. The normalized spacial score (nSPS) is 14.4. The predicted molar refractivity (Wildman–Crippen MR) is 91.3 cm³/mol. The number of aryl methyl sites for hydroxylation is 1. The molecule has 0 aliphatic carbocycles. The first kappa shape index (κ1) is 15.8. The van der Waals surface area contributed by atoms with E-state index in [1.54, 1.807) is 23.2 Å². The van der Waals surface area contributed by atoms with Crippen molar-refractivity contribution >= 4 is 22.9 Å². The van der Waals surface area contributed by atoms with Gasteiger partial charge in [-0.2, -0.15) is 0 Å². The topological polar surface area (TPSA) is 64.8 Å². The van der Waals surface area contributed by atoms with Crippen molar-refractivity contribution in [2.75, 3.05) is 18.1 Å². The largest absolute Gasteiger partial charge is 0.486 e. The average molecular weight is 332 g/mol. The van der Waals surface area contributed by atoms with Gasteiger partial charge in [-0.1, -0.05) is 0 Å². The molecule has 23 heavy (non-hydrogen) atoms. The van der Waals surface area contributed by atoms with Crippen molar-refractivity contribution in [2.45, 2.75) is 26.4 Å². The Hall–Kier alpha value is -2.05. The van der Waals surface area contributed by atoms with Gasteiger partial charge in [0.2, 0.25) is 5.91 Å². The van der Waals surface area contributed by atoms with Crippen molar-refractivity contribution < 1.29 is 14.3 Å². The molecule has 0 saturated carbocycles. The number of benzene rings is 1. The van der Waals surface area contributed by atoms with E-state index in [0.29, 0.717) is 31.3 Å². The second kappa shape index (κ2) is 6.60. The van der Waals surface area contributed by atoms with Crippen LogP contribution in [0.3, 0.4) is 0 Å². The first-order chi connectivity index (χ1) is 11.0. The van der Waals surface area contributed by atoms with Crippen molar-refractivity contribution in [2.24, 2.45) is 5.73 Å². The minimum absolute atomic E-state index is 0.118. The summed E-state index contributed by atoms with van der Waals surface area (Å²) in [6.07, 6.45) is 0. The molecule has 2 N–H and O–H groups in total. The van der Waals surface area contributed by atoms with Gasteiger partial charge in [-0.05, 0) is 38.1 Å². The molecule has 1 aliphatic heterocycles. The molecule has 0 bridgehead atoms. The minimum Gasteiger partial charge on any atom is -0.486 e. The third kappa shape index (κ3) is 3.48. The first-order valence-electron chi connectivity index (χ1n) is 7.56. The number of ether oxygens (including phenoxy) is 2. The molecular weight excluding hydrogens is 312 g/mol. The Morgan fingerprint density at radius 1 is 1.26 bits per heavy atom. The Labute approximate surface area is 139 Å². The molecule has 2 aromatic rings. The van der Waals surface area contributed by atoms with Crippen molar-refractivity contribution in [3.8, 4) is 11.5 Å². The van der Waals surface area contributed by atoms with E-state index in [0.717, 1.165) is 10.6 Å². The first-order valence-corrected chi connectivity index (χ1v) is 8.38. The van der Waals surface area contributed by atoms with Crippen LogP contribution in [-0.2, 0) is 11.3 Å². The fourth-order valence-electron chi connectivity index (χ4n) is 2.47. The Morgan fingerprint density at radius 3 is 2.65 bits per heavy atom. The maximum Gasteiger partial charge on any atom is 0.243 e.